The van der Waals surface area contributed by atoms with Gasteiger partial charge in [0.2, 0.25) is 0 Å². The van der Waals surface area contributed by atoms with Crippen molar-refractivity contribution in [2.45, 2.75) is 64.3 Å². The van der Waals surface area contributed by atoms with Crippen LogP contribution < -0.4 is 11.1 Å². The van der Waals surface area contributed by atoms with E-state index < -0.39 is 0 Å². The van der Waals surface area contributed by atoms with E-state index in [9.17, 15) is 0 Å². The molecule has 1 fully saturated rings. The number of hydrogen-bond donors (Lipinski definition) is 2. The van der Waals surface area contributed by atoms with E-state index in [1.165, 1.54) is 62.6 Å². The van der Waals surface area contributed by atoms with E-state index in [4.69, 9.17) is 5.73 Å². The van der Waals surface area contributed by atoms with Crippen LogP contribution in [0.5, 0.6) is 0 Å². The highest BCUT2D eigenvalue weighted by Crippen LogP contribution is 2.26. The topological polar surface area (TPSA) is 38.0 Å². The van der Waals surface area contributed by atoms with Crippen molar-refractivity contribution in [3.05, 3.63) is 29.8 Å². The van der Waals surface area contributed by atoms with E-state index in [2.05, 4.69) is 36.5 Å². The van der Waals surface area contributed by atoms with Gasteiger partial charge in [0.15, 0.2) is 0 Å². The van der Waals surface area contributed by atoms with E-state index in [0.717, 1.165) is 6.54 Å². The Morgan fingerprint density at radius 2 is 1.85 bits per heavy atom. The second-order valence-corrected chi connectivity index (χ2v) is 6.19. The van der Waals surface area contributed by atoms with E-state index >= 15 is 0 Å². The Morgan fingerprint density at radius 3 is 2.55 bits per heavy atom. The van der Waals surface area contributed by atoms with Crippen molar-refractivity contribution < 1.29 is 0 Å². The fraction of sp³-hybridized carbons (Fsp3) is 0.667. The molecule has 2 rings (SSSR count). The number of benzene rings is 1. The molecule has 20 heavy (non-hydrogen) atoms. The van der Waals surface area contributed by atoms with Gasteiger partial charge in [-0.05, 0) is 55.8 Å². The molecule has 0 aliphatic heterocycles. The molecule has 2 atom stereocenters. The zero-order chi connectivity index (χ0) is 14.2. The van der Waals surface area contributed by atoms with Crippen molar-refractivity contribution in [2.75, 3.05) is 11.9 Å². The molecule has 112 valence electrons. The fourth-order valence-corrected chi connectivity index (χ4v) is 3.24. The minimum absolute atomic E-state index is 0.569. The molecule has 3 N–H and O–H groups in total. The van der Waals surface area contributed by atoms with Crippen molar-refractivity contribution in [1.82, 2.24) is 0 Å². The fourth-order valence-electron chi connectivity index (χ4n) is 3.24. The van der Waals surface area contributed by atoms with Gasteiger partial charge in [-0.3, -0.25) is 0 Å². The summed E-state index contributed by atoms with van der Waals surface area (Å²) in [6, 6.07) is 9.60. The maximum absolute atomic E-state index is 5.90. The maximum Gasteiger partial charge on any atom is 0.0342 e. The summed E-state index contributed by atoms with van der Waals surface area (Å²) >= 11 is 0. The quantitative estimate of drug-likeness (QED) is 0.725. The monoisotopic (exact) mass is 274 g/mol. The Kier molecular flexibility index (Phi) is 6.38. The van der Waals surface area contributed by atoms with Gasteiger partial charge in [-0.2, -0.15) is 0 Å². The molecule has 1 aromatic carbocycles. The molecule has 2 unspecified atom stereocenters. The third kappa shape index (κ3) is 4.52. The second-order valence-electron chi connectivity index (χ2n) is 6.19. The van der Waals surface area contributed by atoms with Gasteiger partial charge >= 0.3 is 0 Å². The number of unbranched alkanes of at least 4 members (excludes halogenated alkanes) is 2. The minimum atomic E-state index is 0.569. The predicted molar refractivity (Wildman–Crippen MR) is 88.1 cm³/mol. The van der Waals surface area contributed by atoms with Crippen LogP contribution in [-0.2, 0) is 6.42 Å². The van der Waals surface area contributed by atoms with Crippen molar-refractivity contribution >= 4 is 5.69 Å². The van der Waals surface area contributed by atoms with Crippen LogP contribution in [0.25, 0.3) is 0 Å². The van der Waals surface area contributed by atoms with Gasteiger partial charge in [0.25, 0.3) is 0 Å². The first-order chi connectivity index (χ1) is 9.83. The molecule has 0 saturated heterocycles. The summed E-state index contributed by atoms with van der Waals surface area (Å²) in [6.07, 6.45) is 10.4. The SMILES string of the molecule is CCCCCc1ccc(NC2CCCCC2CN)cc1. The number of hydrogen-bond acceptors (Lipinski definition) is 2. The smallest absolute Gasteiger partial charge is 0.0342 e. The molecule has 0 heterocycles. The summed E-state index contributed by atoms with van der Waals surface area (Å²) in [7, 11) is 0. The highest BCUT2D eigenvalue weighted by atomic mass is 14.9. The lowest BCUT2D eigenvalue weighted by molar-refractivity contribution is 0.332. The third-order valence-electron chi connectivity index (χ3n) is 4.59. The molecular formula is C18H30N2. The standard InChI is InChI=1S/C18H30N2/c1-2-3-4-7-15-10-12-17(13-11-15)20-18-9-6-5-8-16(18)14-19/h10-13,16,18,20H,2-9,14,19H2,1H3. The molecule has 1 aromatic rings. The van der Waals surface area contributed by atoms with E-state index in [1.54, 1.807) is 0 Å². The van der Waals surface area contributed by atoms with Gasteiger partial charge < -0.3 is 11.1 Å². The lowest BCUT2D eigenvalue weighted by atomic mass is 9.84. The average Bonchev–Trinajstić information content (AvgIpc) is 2.50. The number of rotatable bonds is 7. The van der Waals surface area contributed by atoms with Crippen LogP contribution in [0, 0.1) is 5.92 Å². The summed E-state index contributed by atoms with van der Waals surface area (Å²) in [5.41, 5.74) is 8.62. The summed E-state index contributed by atoms with van der Waals surface area (Å²) in [5, 5.41) is 3.70. The van der Waals surface area contributed by atoms with E-state index in [0.29, 0.717) is 12.0 Å². The molecule has 2 nitrogen and oxygen atoms in total. The summed E-state index contributed by atoms with van der Waals surface area (Å²) in [6.45, 7) is 3.07. The number of aryl methyl sites for hydroxylation is 1. The van der Waals surface area contributed by atoms with Crippen LogP contribution in [0.1, 0.15) is 57.4 Å². The first kappa shape index (κ1) is 15.4. The zero-order valence-electron chi connectivity index (χ0n) is 12.9. The van der Waals surface area contributed by atoms with Crippen LogP contribution >= 0.6 is 0 Å². The zero-order valence-corrected chi connectivity index (χ0v) is 12.9. The Morgan fingerprint density at radius 1 is 1.10 bits per heavy atom. The molecule has 1 saturated carbocycles. The first-order valence-corrected chi connectivity index (χ1v) is 8.39. The summed E-state index contributed by atoms with van der Waals surface area (Å²) in [5.74, 6) is 0.646. The van der Waals surface area contributed by atoms with Crippen LogP contribution in [0.2, 0.25) is 0 Å². The maximum atomic E-state index is 5.90. The van der Waals surface area contributed by atoms with Gasteiger partial charge in [-0.25, -0.2) is 0 Å². The Balaban J connectivity index is 1.86. The highest BCUT2D eigenvalue weighted by molar-refractivity contribution is 5.45. The average molecular weight is 274 g/mol. The largest absolute Gasteiger partial charge is 0.382 e. The lowest BCUT2D eigenvalue weighted by Gasteiger charge is -2.32. The molecule has 2 heteroatoms. The van der Waals surface area contributed by atoms with Crippen LogP contribution in [0.3, 0.4) is 0 Å². The van der Waals surface area contributed by atoms with Crippen molar-refractivity contribution in [3.8, 4) is 0 Å². The second kappa shape index (κ2) is 8.31. The lowest BCUT2D eigenvalue weighted by Crippen LogP contribution is -2.36. The van der Waals surface area contributed by atoms with Gasteiger partial charge in [-0.15, -0.1) is 0 Å². The molecule has 0 bridgehead atoms. The van der Waals surface area contributed by atoms with E-state index in [-0.39, 0.29) is 0 Å². The molecule has 0 amide bonds. The normalized spacial score (nSPS) is 22.7. The van der Waals surface area contributed by atoms with Crippen LogP contribution in [-0.4, -0.2) is 12.6 Å². The van der Waals surface area contributed by atoms with Crippen molar-refractivity contribution in [3.63, 3.8) is 0 Å². The summed E-state index contributed by atoms with van der Waals surface area (Å²) in [4.78, 5) is 0. The van der Waals surface area contributed by atoms with Crippen molar-refractivity contribution in [2.24, 2.45) is 11.7 Å². The Labute approximate surface area is 124 Å². The van der Waals surface area contributed by atoms with Gasteiger partial charge in [0, 0.05) is 11.7 Å². The Hall–Kier alpha value is -1.02. The van der Waals surface area contributed by atoms with Crippen LogP contribution in [0.15, 0.2) is 24.3 Å². The minimum Gasteiger partial charge on any atom is -0.382 e. The number of nitrogens with one attached hydrogen (secondary N) is 1. The molecule has 0 spiro atoms. The Bertz CT molecular complexity index is 372. The van der Waals surface area contributed by atoms with Gasteiger partial charge in [-0.1, -0.05) is 44.7 Å². The van der Waals surface area contributed by atoms with Crippen molar-refractivity contribution in [1.29, 1.82) is 0 Å². The summed E-state index contributed by atoms with van der Waals surface area (Å²) < 4.78 is 0. The van der Waals surface area contributed by atoms with E-state index in [1.807, 2.05) is 0 Å². The molecular weight excluding hydrogens is 244 g/mol. The number of anilines is 1. The first-order valence-electron chi connectivity index (χ1n) is 8.39. The molecule has 1 aliphatic carbocycles. The predicted octanol–water partition coefficient (Wildman–Crippen LogP) is 4.35. The van der Waals surface area contributed by atoms with Gasteiger partial charge in [0.05, 0.1) is 0 Å². The molecule has 0 radical (unpaired) electrons. The third-order valence-corrected chi connectivity index (χ3v) is 4.59. The molecule has 0 aromatic heterocycles. The number of nitrogens with two attached hydrogens (primary N) is 1. The highest BCUT2D eigenvalue weighted by Gasteiger charge is 2.23. The van der Waals surface area contributed by atoms with Crippen LogP contribution in [0.4, 0.5) is 5.69 Å². The molecule has 1 aliphatic rings. The van der Waals surface area contributed by atoms with Gasteiger partial charge in [0.1, 0.15) is 0 Å².